The summed E-state index contributed by atoms with van der Waals surface area (Å²) in [5.41, 5.74) is -0.0398. The topological polar surface area (TPSA) is 85.2 Å². The number of nitrogens with zero attached hydrogens (tertiary/aromatic N) is 2. The van der Waals surface area contributed by atoms with Crippen LogP contribution in [0.2, 0.25) is 0 Å². The second-order valence-electron chi connectivity index (χ2n) is 6.15. The maximum atomic E-state index is 12.0. The van der Waals surface area contributed by atoms with Gasteiger partial charge in [-0.05, 0) is 39.3 Å². The second-order valence-corrected chi connectivity index (χ2v) is 6.15. The predicted molar refractivity (Wildman–Crippen MR) is 81.3 cm³/mol. The Morgan fingerprint density at radius 1 is 1.55 bits per heavy atom. The molecule has 1 fully saturated rings. The minimum Gasteiger partial charge on any atom is -0.467 e. The maximum absolute atomic E-state index is 12.0. The van der Waals surface area contributed by atoms with Gasteiger partial charge < -0.3 is 15.4 Å². The molecular weight excluding hydrogens is 284 g/mol. The molecule has 1 saturated heterocycles. The van der Waals surface area contributed by atoms with Crippen LogP contribution in [0.15, 0.2) is 12.3 Å². The fourth-order valence-corrected chi connectivity index (χ4v) is 2.63. The minimum atomic E-state index is -1.05. The number of aromatic nitrogens is 2. The quantitative estimate of drug-likeness (QED) is 0.770. The highest BCUT2D eigenvalue weighted by molar-refractivity contribution is 5.87. The van der Waals surface area contributed by atoms with Crippen molar-refractivity contribution in [2.75, 3.05) is 20.2 Å². The van der Waals surface area contributed by atoms with Crippen LogP contribution in [0.1, 0.15) is 38.3 Å². The molecule has 0 spiro atoms. The van der Waals surface area contributed by atoms with Crippen LogP contribution in [0.5, 0.6) is 0 Å². The van der Waals surface area contributed by atoms with E-state index in [4.69, 9.17) is 0 Å². The molecule has 2 rings (SSSR count). The largest absolute Gasteiger partial charge is 0.467 e. The van der Waals surface area contributed by atoms with Crippen LogP contribution in [0.25, 0.3) is 0 Å². The lowest BCUT2D eigenvalue weighted by Crippen LogP contribution is -2.51. The Kier molecular flexibility index (Phi) is 5.18. The van der Waals surface area contributed by atoms with Crippen LogP contribution in [-0.4, -0.2) is 47.4 Å². The molecule has 0 aliphatic carbocycles. The van der Waals surface area contributed by atoms with Crippen LogP contribution in [-0.2, 0) is 20.9 Å². The predicted octanol–water partition coefficient (Wildman–Crippen LogP) is 0.418. The summed E-state index contributed by atoms with van der Waals surface area (Å²) in [7, 11) is 1.30. The van der Waals surface area contributed by atoms with E-state index in [0.717, 1.165) is 31.6 Å². The molecule has 7 nitrogen and oxygen atoms in total. The summed E-state index contributed by atoms with van der Waals surface area (Å²) in [6.45, 7) is 5.29. The van der Waals surface area contributed by atoms with E-state index in [1.54, 1.807) is 24.7 Å². The van der Waals surface area contributed by atoms with Gasteiger partial charge in [0.25, 0.3) is 0 Å². The molecule has 1 aromatic heterocycles. The Morgan fingerprint density at radius 2 is 2.32 bits per heavy atom. The van der Waals surface area contributed by atoms with E-state index in [-0.39, 0.29) is 12.5 Å². The molecule has 122 valence electrons. The summed E-state index contributed by atoms with van der Waals surface area (Å²) < 4.78 is 6.27. The lowest BCUT2D eigenvalue weighted by Gasteiger charge is -2.23. The number of esters is 1. The summed E-state index contributed by atoms with van der Waals surface area (Å²) in [6, 6.07) is 1.95. The molecular formula is C15H24N4O3. The lowest BCUT2D eigenvalue weighted by atomic mass is 9.97. The van der Waals surface area contributed by atoms with Gasteiger partial charge in [-0.3, -0.25) is 9.48 Å². The van der Waals surface area contributed by atoms with Gasteiger partial charge in [0.2, 0.25) is 5.91 Å². The number of methoxy groups -OCH3 is 1. The number of piperidine rings is 1. The monoisotopic (exact) mass is 308 g/mol. The standard InChI is InChI=1S/C15H24N4O3/c1-15(2,14(21)22-3)17-13(20)10-19-8-6-12(18-19)11-5-4-7-16-9-11/h6,8,11,16H,4-5,7,9-10H2,1-3H3,(H,17,20). The highest BCUT2D eigenvalue weighted by atomic mass is 16.5. The number of amides is 1. The summed E-state index contributed by atoms with van der Waals surface area (Å²) in [5.74, 6) is -0.341. The third-order valence-corrected chi connectivity index (χ3v) is 3.83. The highest BCUT2D eigenvalue weighted by Gasteiger charge is 2.30. The Balaban J connectivity index is 1.92. The van der Waals surface area contributed by atoms with Crippen molar-refractivity contribution in [1.29, 1.82) is 0 Å². The summed E-state index contributed by atoms with van der Waals surface area (Å²) in [4.78, 5) is 23.6. The van der Waals surface area contributed by atoms with Gasteiger partial charge in [-0.2, -0.15) is 5.10 Å². The number of hydrogen-bond donors (Lipinski definition) is 2. The van der Waals surface area contributed by atoms with E-state index in [1.807, 2.05) is 6.07 Å². The molecule has 1 amide bonds. The van der Waals surface area contributed by atoms with Crippen molar-refractivity contribution in [3.8, 4) is 0 Å². The summed E-state index contributed by atoms with van der Waals surface area (Å²) >= 11 is 0. The zero-order valence-corrected chi connectivity index (χ0v) is 13.4. The Morgan fingerprint density at radius 3 is 2.95 bits per heavy atom. The SMILES string of the molecule is COC(=O)C(C)(C)NC(=O)Cn1ccc(C2CCCNC2)n1. The van der Waals surface area contributed by atoms with Gasteiger partial charge in [-0.1, -0.05) is 0 Å². The van der Waals surface area contributed by atoms with E-state index < -0.39 is 11.5 Å². The van der Waals surface area contributed by atoms with E-state index in [2.05, 4.69) is 20.5 Å². The van der Waals surface area contributed by atoms with Crippen molar-refractivity contribution in [3.63, 3.8) is 0 Å². The van der Waals surface area contributed by atoms with Crippen LogP contribution in [0.3, 0.4) is 0 Å². The average Bonchev–Trinajstić information content (AvgIpc) is 2.95. The third kappa shape index (κ3) is 4.07. The normalized spacial score (nSPS) is 18.8. The minimum absolute atomic E-state index is 0.0839. The summed E-state index contributed by atoms with van der Waals surface area (Å²) in [6.07, 6.45) is 4.06. The fraction of sp³-hybridized carbons (Fsp3) is 0.667. The molecule has 7 heteroatoms. The number of rotatable bonds is 5. The zero-order chi connectivity index (χ0) is 16.2. The smallest absolute Gasteiger partial charge is 0.330 e. The first kappa shape index (κ1) is 16.5. The molecule has 1 aliphatic rings. The number of hydrogen-bond acceptors (Lipinski definition) is 5. The highest BCUT2D eigenvalue weighted by Crippen LogP contribution is 2.21. The molecule has 0 bridgehead atoms. The second kappa shape index (κ2) is 6.91. The number of carbonyl (C=O) groups excluding carboxylic acids is 2. The number of ether oxygens (including phenoxy) is 1. The Hall–Kier alpha value is -1.89. The van der Waals surface area contributed by atoms with Gasteiger partial charge in [0.15, 0.2) is 0 Å². The molecule has 1 aromatic rings. The van der Waals surface area contributed by atoms with E-state index in [9.17, 15) is 9.59 Å². The lowest BCUT2D eigenvalue weighted by molar-refractivity contribution is -0.149. The van der Waals surface area contributed by atoms with Crippen LogP contribution in [0, 0.1) is 0 Å². The zero-order valence-electron chi connectivity index (χ0n) is 13.4. The van der Waals surface area contributed by atoms with E-state index in [1.165, 1.54) is 7.11 Å². The summed E-state index contributed by atoms with van der Waals surface area (Å²) in [5, 5.41) is 10.5. The molecule has 0 aromatic carbocycles. The molecule has 2 heterocycles. The first-order valence-corrected chi connectivity index (χ1v) is 7.56. The Labute approximate surface area is 130 Å². The average molecular weight is 308 g/mol. The van der Waals surface area contributed by atoms with Crippen LogP contribution in [0.4, 0.5) is 0 Å². The van der Waals surface area contributed by atoms with Gasteiger partial charge in [0.1, 0.15) is 12.1 Å². The van der Waals surface area contributed by atoms with Crippen molar-refractivity contribution in [2.45, 2.75) is 44.7 Å². The first-order valence-electron chi connectivity index (χ1n) is 7.56. The fourth-order valence-electron chi connectivity index (χ4n) is 2.63. The maximum Gasteiger partial charge on any atom is 0.330 e. The van der Waals surface area contributed by atoms with Gasteiger partial charge >= 0.3 is 5.97 Å². The van der Waals surface area contributed by atoms with Crippen molar-refractivity contribution < 1.29 is 14.3 Å². The molecule has 2 N–H and O–H groups in total. The van der Waals surface area contributed by atoms with Crippen molar-refractivity contribution >= 4 is 11.9 Å². The Bertz CT molecular complexity index is 533. The van der Waals surface area contributed by atoms with Gasteiger partial charge in [-0.25, -0.2) is 4.79 Å². The molecule has 0 radical (unpaired) electrons. The third-order valence-electron chi connectivity index (χ3n) is 3.83. The molecule has 0 saturated carbocycles. The van der Waals surface area contributed by atoms with Gasteiger partial charge in [0, 0.05) is 18.7 Å². The van der Waals surface area contributed by atoms with Gasteiger partial charge in [-0.15, -0.1) is 0 Å². The van der Waals surface area contributed by atoms with Crippen molar-refractivity contribution in [2.24, 2.45) is 0 Å². The van der Waals surface area contributed by atoms with Gasteiger partial charge in [0.05, 0.1) is 12.8 Å². The van der Waals surface area contributed by atoms with Crippen molar-refractivity contribution in [3.05, 3.63) is 18.0 Å². The van der Waals surface area contributed by atoms with E-state index in [0.29, 0.717) is 5.92 Å². The molecule has 22 heavy (non-hydrogen) atoms. The molecule has 1 aliphatic heterocycles. The van der Waals surface area contributed by atoms with E-state index >= 15 is 0 Å². The van der Waals surface area contributed by atoms with Crippen LogP contribution >= 0.6 is 0 Å². The first-order chi connectivity index (χ1) is 10.4. The number of carbonyl (C=O) groups is 2. The molecule has 1 unspecified atom stereocenters. The molecule has 1 atom stereocenters. The van der Waals surface area contributed by atoms with Crippen molar-refractivity contribution in [1.82, 2.24) is 20.4 Å². The van der Waals surface area contributed by atoms with Crippen LogP contribution < -0.4 is 10.6 Å². The number of nitrogens with one attached hydrogen (secondary N) is 2.